The molecule has 0 radical (unpaired) electrons. The lowest BCUT2D eigenvalue weighted by Crippen LogP contribution is -2.21. The monoisotopic (exact) mass is 152 g/mol. The summed E-state index contributed by atoms with van der Waals surface area (Å²) in [6.45, 7) is 3.97. The van der Waals surface area contributed by atoms with Crippen LogP contribution in [0.1, 0.15) is 13.8 Å². The molecule has 60 valence electrons. The summed E-state index contributed by atoms with van der Waals surface area (Å²) in [6, 6.07) is 0. The molecule has 11 heavy (non-hydrogen) atoms. The molecule has 0 saturated heterocycles. The van der Waals surface area contributed by atoms with E-state index in [1.807, 2.05) is 26.0 Å². The fourth-order valence-electron chi connectivity index (χ4n) is 1.20. The van der Waals surface area contributed by atoms with Gasteiger partial charge in [-0.25, -0.2) is 4.79 Å². The number of carbonyl (C=O) groups excluding carboxylic acids is 1. The van der Waals surface area contributed by atoms with Gasteiger partial charge < -0.3 is 4.74 Å². The summed E-state index contributed by atoms with van der Waals surface area (Å²) in [7, 11) is 1.41. The Morgan fingerprint density at radius 1 is 1.73 bits per heavy atom. The topological polar surface area (TPSA) is 26.3 Å². The SMILES string of the molecule is C/C=C1\C=C(C(=O)OC)[C@@H]1C. The Balaban J connectivity index is 2.74. The normalized spacial score (nSPS) is 25.9. The van der Waals surface area contributed by atoms with Crippen LogP contribution in [0.5, 0.6) is 0 Å². The van der Waals surface area contributed by atoms with Gasteiger partial charge in [0.15, 0.2) is 0 Å². The maximum absolute atomic E-state index is 10.9. The molecular formula is C9H12O2. The van der Waals surface area contributed by atoms with Gasteiger partial charge in [0.25, 0.3) is 0 Å². The fourth-order valence-corrected chi connectivity index (χ4v) is 1.20. The molecule has 0 heterocycles. The molecule has 0 spiro atoms. The molecule has 0 bridgehead atoms. The zero-order valence-electron chi connectivity index (χ0n) is 7.05. The fraction of sp³-hybridized carbons (Fsp3) is 0.444. The van der Waals surface area contributed by atoms with Crippen molar-refractivity contribution in [1.29, 1.82) is 0 Å². The van der Waals surface area contributed by atoms with Gasteiger partial charge >= 0.3 is 5.97 Å². The van der Waals surface area contributed by atoms with Crippen molar-refractivity contribution in [1.82, 2.24) is 0 Å². The van der Waals surface area contributed by atoms with Crippen LogP contribution in [-0.2, 0) is 9.53 Å². The Morgan fingerprint density at radius 2 is 2.36 bits per heavy atom. The first-order valence-electron chi connectivity index (χ1n) is 3.66. The van der Waals surface area contributed by atoms with Crippen molar-refractivity contribution in [2.24, 2.45) is 5.92 Å². The quantitative estimate of drug-likeness (QED) is 0.534. The average molecular weight is 152 g/mol. The van der Waals surface area contributed by atoms with Gasteiger partial charge in [0.1, 0.15) is 0 Å². The van der Waals surface area contributed by atoms with Crippen molar-refractivity contribution in [3.05, 3.63) is 23.3 Å². The summed E-state index contributed by atoms with van der Waals surface area (Å²) >= 11 is 0. The zero-order valence-corrected chi connectivity index (χ0v) is 7.05. The van der Waals surface area contributed by atoms with Crippen LogP contribution in [0.15, 0.2) is 23.3 Å². The summed E-state index contributed by atoms with van der Waals surface area (Å²) in [5.41, 5.74) is 1.99. The lowest BCUT2D eigenvalue weighted by molar-refractivity contribution is -0.136. The predicted octanol–water partition coefficient (Wildman–Crippen LogP) is 1.68. The minimum absolute atomic E-state index is 0.205. The third-order valence-electron chi connectivity index (χ3n) is 2.04. The van der Waals surface area contributed by atoms with Crippen molar-refractivity contribution in [3.8, 4) is 0 Å². The standard InChI is InChI=1S/C9H12O2/c1-4-7-5-8(6(7)2)9(10)11-3/h4-6H,1-3H3/b7-4+/t6-/m1/s1. The van der Waals surface area contributed by atoms with E-state index in [0.717, 1.165) is 5.57 Å². The first kappa shape index (κ1) is 8.05. The maximum atomic E-state index is 10.9. The van der Waals surface area contributed by atoms with Gasteiger partial charge in [0.2, 0.25) is 0 Å². The highest BCUT2D eigenvalue weighted by molar-refractivity contribution is 5.93. The number of ether oxygens (including phenoxy) is 1. The summed E-state index contributed by atoms with van der Waals surface area (Å²) < 4.78 is 4.58. The van der Waals surface area contributed by atoms with Gasteiger partial charge in [0, 0.05) is 11.5 Å². The van der Waals surface area contributed by atoms with Crippen molar-refractivity contribution < 1.29 is 9.53 Å². The summed E-state index contributed by atoms with van der Waals surface area (Å²) in [5, 5.41) is 0. The van der Waals surface area contributed by atoms with Crippen LogP contribution in [0.25, 0.3) is 0 Å². The first-order chi connectivity index (χ1) is 5.20. The van der Waals surface area contributed by atoms with E-state index in [2.05, 4.69) is 4.74 Å². The Morgan fingerprint density at radius 3 is 2.73 bits per heavy atom. The second kappa shape index (κ2) is 2.91. The molecule has 1 aliphatic rings. The van der Waals surface area contributed by atoms with Crippen LogP contribution >= 0.6 is 0 Å². The number of esters is 1. The molecule has 0 aromatic carbocycles. The van der Waals surface area contributed by atoms with Crippen molar-refractivity contribution >= 4 is 5.97 Å². The molecule has 0 saturated carbocycles. The number of carbonyl (C=O) groups is 1. The largest absolute Gasteiger partial charge is 0.466 e. The Bertz CT molecular complexity index is 236. The molecule has 0 aliphatic heterocycles. The number of allylic oxidation sites excluding steroid dienone is 3. The van der Waals surface area contributed by atoms with Gasteiger partial charge in [-0.1, -0.05) is 13.0 Å². The predicted molar refractivity (Wildman–Crippen MR) is 43.0 cm³/mol. The van der Waals surface area contributed by atoms with Crippen LogP contribution in [0, 0.1) is 5.92 Å². The Hall–Kier alpha value is -1.05. The lowest BCUT2D eigenvalue weighted by Gasteiger charge is -2.24. The van der Waals surface area contributed by atoms with Crippen molar-refractivity contribution in [2.75, 3.05) is 7.11 Å². The zero-order chi connectivity index (χ0) is 8.43. The van der Waals surface area contributed by atoms with Gasteiger partial charge in [-0.05, 0) is 18.6 Å². The molecule has 1 rings (SSSR count). The number of methoxy groups -OCH3 is 1. The Kier molecular flexibility index (Phi) is 2.13. The Labute approximate surface area is 66.5 Å². The van der Waals surface area contributed by atoms with E-state index in [1.54, 1.807) is 0 Å². The van der Waals surface area contributed by atoms with Crippen LogP contribution < -0.4 is 0 Å². The smallest absolute Gasteiger partial charge is 0.334 e. The first-order valence-corrected chi connectivity index (χ1v) is 3.66. The van der Waals surface area contributed by atoms with Crippen LogP contribution in [0.4, 0.5) is 0 Å². The lowest BCUT2D eigenvalue weighted by atomic mass is 9.81. The van der Waals surface area contributed by atoms with E-state index in [1.165, 1.54) is 12.7 Å². The second-order valence-electron chi connectivity index (χ2n) is 2.60. The highest BCUT2D eigenvalue weighted by atomic mass is 16.5. The minimum Gasteiger partial charge on any atom is -0.466 e. The molecule has 0 unspecified atom stereocenters. The van der Waals surface area contributed by atoms with E-state index in [9.17, 15) is 4.79 Å². The van der Waals surface area contributed by atoms with Crippen molar-refractivity contribution in [2.45, 2.75) is 13.8 Å². The molecule has 0 amide bonds. The number of hydrogen-bond acceptors (Lipinski definition) is 2. The molecule has 0 fully saturated rings. The third-order valence-corrected chi connectivity index (χ3v) is 2.04. The summed E-state index contributed by atoms with van der Waals surface area (Å²) in [6.07, 6.45) is 3.88. The highest BCUT2D eigenvalue weighted by Gasteiger charge is 2.27. The molecular weight excluding hydrogens is 140 g/mol. The van der Waals surface area contributed by atoms with Crippen LogP contribution in [-0.4, -0.2) is 13.1 Å². The van der Waals surface area contributed by atoms with Crippen LogP contribution in [0.2, 0.25) is 0 Å². The third kappa shape index (κ3) is 1.20. The van der Waals surface area contributed by atoms with Gasteiger partial charge in [-0.3, -0.25) is 0 Å². The molecule has 0 N–H and O–H groups in total. The maximum Gasteiger partial charge on any atom is 0.334 e. The second-order valence-corrected chi connectivity index (χ2v) is 2.60. The van der Waals surface area contributed by atoms with Crippen molar-refractivity contribution in [3.63, 3.8) is 0 Å². The number of hydrogen-bond donors (Lipinski definition) is 0. The molecule has 1 aliphatic carbocycles. The molecule has 1 atom stereocenters. The number of rotatable bonds is 1. The van der Waals surface area contributed by atoms with Crippen LogP contribution in [0.3, 0.4) is 0 Å². The van der Waals surface area contributed by atoms with E-state index < -0.39 is 0 Å². The molecule has 2 nitrogen and oxygen atoms in total. The van der Waals surface area contributed by atoms with E-state index in [0.29, 0.717) is 0 Å². The van der Waals surface area contributed by atoms with E-state index >= 15 is 0 Å². The van der Waals surface area contributed by atoms with Gasteiger partial charge in [-0.15, -0.1) is 0 Å². The van der Waals surface area contributed by atoms with E-state index in [4.69, 9.17) is 0 Å². The van der Waals surface area contributed by atoms with Gasteiger partial charge in [-0.2, -0.15) is 0 Å². The molecule has 2 heteroatoms. The summed E-state index contributed by atoms with van der Waals surface area (Å²) in [5.74, 6) is 0.0514. The average Bonchev–Trinajstić information content (AvgIpc) is 2.02. The van der Waals surface area contributed by atoms with E-state index in [-0.39, 0.29) is 11.9 Å². The van der Waals surface area contributed by atoms with Gasteiger partial charge in [0.05, 0.1) is 7.11 Å². The highest BCUT2D eigenvalue weighted by Crippen LogP contribution is 2.32. The molecule has 0 aromatic heterocycles. The minimum atomic E-state index is -0.205. The molecule has 0 aromatic rings. The summed E-state index contributed by atoms with van der Waals surface area (Å²) in [4.78, 5) is 10.9.